The molecule has 0 spiro atoms. The Morgan fingerprint density at radius 2 is 1.58 bits per heavy atom. The molecule has 4 amide bonds. The summed E-state index contributed by atoms with van der Waals surface area (Å²) in [7, 11) is 4.52. The van der Waals surface area contributed by atoms with Gasteiger partial charge < -0.3 is 23.7 Å². The number of methoxy groups -OCH3 is 3. The topological polar surface area (TPSA) is 119 Å². The van der Waals surface area contributed by atoms with Crippen LogP contribution in [0.3, 0.4) is 0 Å². The second-order valence-electron chi connectivity index (χ2n) is 12.1. The second-order valence-corrected chi connectivity index (χ2v) is 12.1. The van der Waals surface area contributed by atoms with Gasteiger partial charge in [0.2, 0.25) is 11.7 Å². The molecule has 3 aliphatic rings. The number of fused-ring (bicyclic) bond motifs is 4. The molecule has 3 aliphatic heterocycles. The summed E-state index contributed by atoms with van der Waals surface area (Å²) in [6, 6.07) is 15.2. The van der Waals surface area contributed by atoms with Gasteiger partial charge >= 0.3 is 6.03 Å². The van der Waals surface area contributed by atoms with Crippen molar-refractivity contribution in [3.63, 3.8) is 0 Å². The number of hydrogen-bond donors (Lipinski definition) is 1. The van der Waals surface area contributed by atoms with Crippen LogP contribution in [0.2, 0.25) is 0 Å². The Bertz CT molecular complexity index is 1680. The van der Waals surface area contributed by atoms with E-state index < -0.39 is 23.3 Å². The monoisotopic (exact) mass is 614 g/mol. The number of likely N-dealkylation sites (tertiary alicyclic amines) is 1. The lowest BCUT2D eigenvalue weighted by Gasteiger charge is -2.47. The van der Waals surface area contributed by atoms with Crippen LogP contribution in [0, 0.1) is 11.3 Å². The van der Waals surface area contributed by atoms with Crippen molar-refractivity contribution >= 4 is 23.5 Å². The first-order valence-electron chi connectivity index (χ1n) is 15.2. The fourth-order valence-corrected chi connectivity index (χ4v) is 7.23. The van der Waals surface area contributed by atoms with Crippen LogP contribution < -0.4 is 30.0 Å². The van der Waals surface area contributed by atoms with E-state index in [-0.39, 0.29) is 30.4 Å². The third-order valence-corrected chi connectivity index (χ3v) is 9.35. The summed E-state index contributed by atoms with van der Waals surface area (Å²) in [6.45, 7) is 3.86. The quantitative estimate of drug-likeness (QED) is 0.365. The third-order valence-electron chi connectivity index (χ3n) is 9.35. The number of nitrogens with zero attached hydrogens (tertiary/aromatic N) is 3. The summed E-state index contributed by atoms with van der Waals surface area (Å²) in [5, 5.41) is 2.51. The number of hydrogen-bond acceptors (Lipinski definition) is 8. The predicted octanol–water partition coefficient (Wildman–Crippen LogP) is 3.37. The maximum absolute atomic E-state index is 14.7. The van der Waals surface area contributed by atoms with Crippen LogP contribution in [0.25, 0.3) is 0 Å². The summed E-state index contributed by atoms with van der Waals surface area (Å²) in [6.07, 6.45) is 1.71. The molecular formula is C34H38N4O7. The van der Waals surface area contributed by atoms with Gasteiger partial charge in [-0.15, -0.1) is 0 Å². The first-order valence-corrected chi connectivity index (χ1v) is 15.2. The van der Waals surface area contributed by atoms with Gasteiger partial charge in [-0.2, -0.15) is 0 Å². The largest absolute Gasteiger partial charge is 0.493 e. The van der Waals surface area contributed by atoms with Crippen molar-refractivity contribution in [3.8, 4) is 17.2 Å². The summed E-state index contributed by atoms with van der Waals surface area (Å²) in [4.78, 5) is 57.9. The highest BCUT2D eigenvalue weighted by Crippen LogP contribution is 2.43. The summed E-state index contributed by atoms with van der Waals surface area (Å²) >= 11 is 0. The number of nitrogens with one attached hydrogen (secondary N) is 1. The molecule has 0 aliphatic carbocycles. The number of carbonyl (C=O) groups is 3. The van der Waals surface area contributed by atoms with Crippen molar-refractivity contribution in [1.82, 2.24) is 14.8 Å². The van der Waals surface area contributed by atoms with Gasteiger partial charge in [0, 0.05) is 43.9 Å². The molecule has 45 heavy (non-hydrogen) atoms. The molecule has 0 saturated carbocycles. The minimum absolute atomic E-state index is 0.0143. The minimum Gasteiger partial charge on any atom is -0.493 e. The minimum atomic E-state index is -1.66. The van der Waals surface area contributed by atoms with Crippen molar-refractivity contribution < 1.29 is 28.6 Å². The fourth-order valence-electron chi connectivity index (χ4n) is 7.23. The Morgan fingerprint density at radius 3 is 2.22 bits per heavy atom. The van der Waals surface area contributed by atoms with E-state index in [1.54, 1.807) is 36.4 Å². The summed E-state index contributed by atoms with van der Waals surface area (Å²) < 4.78 is 18.5. The molecule has 11 nitrogen and oxygen atoms in total. The Balaban J connectivity index is 1.42. The molecule has 236 valence electrons. The molecule has 6 rings (SSSR count). The number of aromatic nitrogens is 1. The zero-order valence-electron chi connectivity index (χ0n) is 26.0. The van der Waals surface area contributed by atoms with Gasteiger partial charge in [-0.05, 0) is 66.6 Å². The average molecular weight is 615 g/mol. The number of benzene rings is 2. The van der Waals surface area contributed by atoms with Crippen LogP contribution in [0.15, 0.2) is 59.4 Å². The van der Waals surface area contributed by atoms with Crippen molar-refractivity contribution in [2.45, 2.75) is 38.6 Å². The number of amides is 4. The van der Waals surface area contributed by atoms with E-state index in [4.69, 9.17) is 14.2 Å². The molecule has 3 atom stereocenters. The average Bonchev–Trinajstić information content (AvgIpc) is 3.04. The molecule has 1 aromatic heterocycles. The first kappa shape index (κ1) is 30.4. The van der Waals surface area contributed by atoms with Crippen molar-refractivity contribution in [2.75, 3.05) is 45.9 Å². The first-order chi connectivity index (χ1) is 21.7. The van der Waals surface area contributed by atoms with E-state index >= 15 is 0 Å². The third kappa shape index (κ3) is 5.35. The lowest BCUT2D eigenvalue weighted by molar-refractivity contribution is -0.144. The van der Waals surface area contributed by atoms with E-state index in [2.05, 4.69) is 10.2 Å². The lowest BCUT2D eigenvalue weighted by atomic mass is 9.75. The molecule has 11 heteroatoms. The van der Waals surface area contributed by atoms with Crippen LogP contribution in [0.1, 0.15) is 36.1 Å². The molecule has 4 heterocycles. The number of anilines is 1. The van der Waals surface area contributed by atoms with E-state index in [0.29, 0.717) is 48.1 Å². The SMILES string of the molecule is CCc1ccc(N2C(=O)NC(=O)[C@](Cc3cc(OC)c(OC)c(OC)c3)(CN3C[C@@H]4C[C@H](C3)c3cccc(=O)n3C4)C2=O)cc1. The summed E-state index contributed by atoms with van der Waals surface area (Å²) in [5.41, 5.74) is 1.35. The maximum Gasteiger partial charge on any atom is 0.335 e. The second kappa shape index (κ2) is 12.0. The lowest BCUT2D eigenvalue weighted by Crippen LogP contribution is -2.68. The van der Waals surface area contributed by atoms with E-state index in [1.165, 1.54) is 21.3 Å². The number of rotatable bonds is 9. The van der Waals surface area contributed by atoms with E-state index in [9.17, 15) is 19.2 Å². The molecule has 2 aromatic carbocycles. The number of pyridine rings is 1. The van der Waals surface area contributed by atoms with Gasteiger partial charge in [-0.25, -0.2) is 9.69 Å². The predicted molar refractivity (Wildman–Crippen MR) is 167 cm³/mol. The normalized spacial score (nSPS) is 22.9. The zero-order valence-corrected chi connectivity index (χ0v) is 26.0. The number of carbonyl (C=O) groups excluding carboxylic acids is 3. The smallest absolute Gasteiger partial charge is 0.335 e. The maximum atomic E-state index is 14.7. The fraction of sp³-hybridized carbons (Fsp3) is 0.412. The number of piperidine rings is 1. The van der Waals surface area contributed by atoms with E-state index in [1.807, 2.05) is 29.7 Å². The zero-order chi connectivity index (χ0) is 31.9. The summed E-state index contributed by atoms with van der Waals surface area (Å²) in [5.74, 6) is 0.178. The molecule has 2 fully saturated rings. The molecule has 0 radical (unpaired) electrons. The number of barbiturate groups is 1. The number of ether oxygens (including phenoxy) is 3. The van der Waals surface area contributed by atoms with Gasteiger partial charge in [0.05, 0.1) is 27.0 Å². The van der Waals surface area contributed by atoms with Crippen LogP contribution in [0.4, 0.5) is 10.5 Å². The highest BCUT2D eigenvalue weighted by atomic mass is 16.5. The van der Waals surface area contributed by atoms with Gasteiger partial charge in [0.15, 0.2) is 11.5 Å². The van der Waals surface area contributed by atoms with Crippen LogP contribution in [-0.2, 0) is 29.0 Å². The number of aryl methyl sites for hydroxylation is 1. The standard InChI is InChI=1S/C34H38N4O7/c1-5-21-9-11-25(12-10-21)38-32(41)34(31(40)35-33(38)42,16-22-14-27(43-2)30(45-4)28(15-22)44-3)20-36-17-23-13-24(19-36)26-7-6-8-29(39)37(26)18-23/h6-12,14-15,23-24H,5,13,16-20H2,1-4H3,(H,35,40,42)/t23-,24+,34-/m0/s1. The highest BCUT2D eigenvalue weighted by molar-refractivity contribution is 6.30. The van der Waals surface area contributed by atoms with E-state index in [0.717, 1.165) is 29.0 Å². The van der Waals surface area contributed by atoms with Crippen LogP contribution in [-0.4, -0.2) is 68.3 Å². The van der Waals surface area contributed by atoms with Crippen LogP contribution in [0.5, 0.6) is 17.2 Å². The number of urea groups is 1. The van der Waals surface area contributed by atoms with Gasteiger partial charge in [-0.3, -0.25) is 19.7 Å². The Hall–Kier alpha value is -4.64. The molecule has 2 bridgehead atoms. The molecule has 2 saturated heterocycles. The number of imide groups is 2. The van der Waals surface area contributed by atoms with Gasteiger partial charge in [0.1, 0.15) is 5.41 Å². The van der Waals surface area contributed by atoms with Crippen molar-refractivity contribution in [3.05, 3.63) is 81.8 Å². The van der Waals surface area contributed by atoms with Crippen LogP contribution >= 0.6 is 0 Å². The van der Waals surface area contributed by atoms with Crippen molar-refractivity contribution in [2.24, 2.45) is 11.3 Å². The highest BCUT2D eigenvalue weighted by Gasteiger charge is 2.56. The molecular weight excluding hydrogens is 576 g/mol. The van der Waals surface area contributed by atoms with Gasteiger partial charge in [-0.1, -0.05) is 25.1 Å². The Labute approximate surface area is 261 Å². The molecule has 0 unspecified atom stereocenters. The van der Waals surface area contributed by atoms with Gasteiger partial charge in [0.25, 0.3) is 11.5 Å². The molecule has 3 aromatic rings. The molecule has 1 N–H and O–H groups in total. The Kier molecular flexibility index (Phi) is 8.13. The Morgan fingerprint density at radius 1 is 0.867 bits per heavy atom. The van der Waals surface area contributed by atoms with Crippen molar-refractivity contribution in [1.29, 1.82) is 0 Å².